The van der Waals surface area contributed by atoms with Gasteiger partial charge in [-0.05, 0) is 12.3 Å². The summed E-state index contributed by atoms with van der Waals surface area (Å²) in [5, 5.41) is 0. The number of hydrogen-bond acceptors (Lipinski definition) is 3. The molecule has 2 N–H and O–H groups in total. The van der Waals surface area contributed by atoms with E-state index >= 15 is 0 Å². The molecule has 2 unspecified atom stereocenters. The highest BCUT2D eigenvalue weighted by atomic mass is 16.5. The minimum atomic E-state index is 0.231. The van der Waals surface area contributed by atoms with Gasteiger partial charge in [-0.15, -0.1) is 0 Å². The minimum Gasteiger partial charge on any atom is -0.460 e. The fraction of sp³-hybridized carbons (Fsp3) is 0.875. The highest BCUT2D eigenvalue weighted by Gasteiger charge is 2.23. The van der Waals surface area contributed by atoms with Crippen molar-refractivity contribution in [3.63, 3.8) is 0 Å². The van der Waals surface area contributed by atoms with Crippen molar-refractivity contribution < 1.29 is 4.74 Å². The van der Waals surface area contributed by atoms with Crippen LogP contribution in [-0.2, 0) is 4.74 Å². The van der Waals surface area contributed by atoms with Crippen LogP contribution in [-0.4, -0.2) is 18.7 Å². The largest absolute Gasteiger partial charge is 0.460 e. The zero-order chi connectivity index (χ0) is 8.27. The maximum Gasteiger partial charge on any atom is 0.282 e. The highest BCUT2D eigenvalue weighted by molar-refractivity contribution is 5.73. The number of nitrogens with two attached hydrogens (primary N) is 1. The lowest BCUT2D eigenvalue weighted by Crippen LogP contribution is -2.24. The zero-order valence-corrected chi connectivity index (χ0v) is 7.21. The molecule has 0 aliphatic carbocycles. The van der Waals surface area contributed by atoms with Gasteiger partial charge in [0, 0.05) is 0 Å². The summed E-state index contributed by atoms with van der Waals surface area (Å²) in [6.45, 7) is 5.10. The Morgan fingerprint density at radius 3 is 3.00 bits per heavy atom. The van der Waals surface area contributed by atoms with Crippen molar-refractivity contribution in [1.82, 2.24) is 0 Å². The van der Waals surface area contributed by atoms with Crippen molar-refractivity contribution in [3.8, 4) is 0 Å². The van der Waals surface area contributed by atoms with Gasteiger partial charge >= 0.3 is 0 Å². The van der Waals surface area contributed by atoms with Gasteiger partial charge in [0.1, 0.15) is 6.10 Å². The Morgan fingerprint density at radius 2 is 2.55 bits per heavy atom. The van der Waals surface area contributed by atoms with E-state index in [0.717, 1.165) is 6.54 Å². The van der Waals surface area contributed by atoms with Gasteiger partial charge in [-0.3, -0.25) is 0 Å². The van der Waals surface area contributed by atoms with E-state index in [1.54, 1.807) is 0 Å². The Kier molecular flexibility index (Phi) is 2.74. The first-order valence-electron chi connectivity index (χ1n) is 4.20. The van der Waals surface area contributed by atoms with E-state index in [4.69, 9.17) is 10.5 Å². The fourth-order valence-corrected chi connectivity index (χ4v) is 1.35. The lowest BCUT2D eigenvalue weighted by molar-refractivity contribution is 0.152. The molecule has 2 atom stereocenters. The minimum absolute atomic E-state index is 0.231. The number of ether oxygens (including phenoxy) is 1. The molecule has 1 aliphatic rings. The summed E-state index contributed by atoms with van der Waals surface area (Å²) in [5.74, 6) is 0.574. The molecule has 0 amide bonds. The van der Waals surface area contributed by atoms with Crippen LogP contribution < -0.4 is 5.73 Å². The maximum atomic E-state index is 5.39. The lowest BCUT2D eigenvalue weighted by Gasteiger charge is -2.16. The summed E-state index contributed by atoms with van der Waals surface area (Å²) >= 11 is 0. The molecular formula is C8H16N2O. The number of amidine groups is 1. The predicted octanol–water partition coefficient (Wildman–Crippen LogP) is 1.14. The maximum absolute atomic E-state index is 5.39. The Bertz CT molecular complexity index is 156. The quantitative estimate of drug-likeness (QED) is 0.666. The van der Waals surface area contributed by atoms with Gasteiger partial charge in [-0.2, -0.15) is 0 Å². The molecule has 3 heteroatoms. The van der Waals surface area contributed by atoms with Crippen LogP contribution in [0.4, 0.5) is 0 Å². The molecule has 64 valence electrons. The Morgan fingerprint density at radius 1 is 1.82 bits per heavy atom. The molecule has 1 heterocycles. The number of rotatable bonds is 3. The van der Waals surface area contributed by atoms with Crippen LogP contribution in [0.5, 0.6) is 0 Å². The van der Waals surface area contributed by atoms with E-state index in [2.05, 4.69) is 18.8 Å². The Balaban J connectivity index is 2.28. The molecule has 0 radical (unpaired) electrons. The summed E-state index contributed by atoms with van der Waals surface area (Å²) in [4.78, 5) is 3.99. The van der Waals surface area contributed by atoms with Gasteiger partial charge in [-0.25, -0.2) is 4.99 Å². The molecule has 0 saturated heterocycles. The molecule has 0 aromatic rings. The molecule has 0 spiro atoms. The molecular weight excluding hydrogens is 140 g/mol. The van der Waals surface area contributed by atoms with Gasteiger partial charge in [0.25, 0.3) is 6.02 Å². The van der Waals surface area contributed by atoms with Crippen molar-refractivity contribution in [2.24, 2.45) is 16.6 Å². The molecule has 1 aliphatic heterocycles. The van der Waals surface area contributed by atoms with Crippen molar-refractivity contribution in [2.75, 3.05) is 6.54 Å². The van der Waals surface area contributed by atoms with Gasteiger partial charge in [0.15, 0.2) is 0 Å². The first-order valence-corrected chi connectivity index (χ1v) is 4.20. The monoisotopic (exact) mass is 156 g/mol. The Hall–Kier alpha value is -0.730. The number of aliphatic imine (C=N–C) groups is 1. The first-order chi connectivity index (χ1) is 5.24. The third kappa shape index (κ3) is 2.10. The van der Waals surface area contributed by atoms with E-state index in [1.807, 2.05) is 0 Å². The average Bonchev–Trinajstić information content (AvgIpc) is 2.36. The third-order valence-corrected chi connectivity index (χ3v) is 2.08. The lowest BCUT2D eigenvalue weighted by atomic mass is 10.00. The smallest absolute Gasteiger partial charge is 0.282 e. The van der Waals surface area contributed by atoms with Crippen LogP contribution in [0.2, 0.25) is 0 Å². The number of nitrogens with zero attached hydrogens (tertiary/aromatic N) is 1. The Labute approximate surface area is 67.6 Å². The molecule has 11 heavy (non-hydrogen) atoms. The number of hydrogen-bond donors (Lipinski definition) is 1. The normalized spacial score (nSPS) is 26.0. The van der Waals surface area contributed by atoms with Crippen LogP contribution in [0, 0.1) is 5.92 Å². The summed E-state index contributed by atoms with van der Waals surface area (Å²) in [6, 6.07) is 0.359. The summed E-state index contributed by atoms with van der Waals surface area (Å²) < 4.78 is 5.30. The van der Waals surface area contributed by atoms with Crippen molar-refractivity contribution in [1.29, 1.82) is 0 Å². The van der Waals surface area contributed by atoms with Crippen LogP contribution in [0.25, 0.3) is 0 Å². The highest BCUT2D eigenvalue weighted by Crippen LogP contribution is 2.17. The summed E-state index contributed by atoms with van der Waals surface area (Å²) in [5.41, 5.74) is 5.39. The first kappa shape index (κ1) is 8.37. The van der Waals surface area contributed by atoms with E-state index < -0.39 is 0 Å². The molecule has 0 saturated carbocycles. The van der Waals surface area contributed by atoms with Crippen molar-refractivity contribution in [2.45, 2.75) is 32.8 Å². The summed E-state index contributed by atoms with van der Waals surface area (Å²) in [7, 11) is 0. The van der Waals surface area contributed by atoms with Crippen LogP contribution >= 0.6 is 0 Å². The van der Waals surface area contributed by atoms with E-state index in [1.165, 1.54) is 12.8 Å². The van der Waals surface area contributed by atoms with Gasteiger partial charge in [-0.1, -0.05) is 20.3 Å². The van der Waals surface area contributed by atoms with E-state index in [0.29, 0.717) is 11.9 Å². The topological polar surface area (TPSA) is 47.6 Å². The van der Waals surface area contributed by atoms with Crippen LogP contribution in [0.1, 0.15) is 26.7 Å². The van der Waals surface area contributed by atoms with E-state index in [9.17, 15) is 0 Å². The second kappa shape index (κ2) is 3.60. The molecule has 0 fully saturated rings. The van der Waals surface area contributed by atoms with Crippen LogP contribution in [0.3, 0.4) is 0 Å². The fourth-order valence-electron chi connectivity index (χ4n) is 1.35. The van der Waals surface area contributed by atoms with Gasteiger partial charge < -0.3 is 10.5 Å². The van der Waals surface area contributed by atoms with Gasteiger partial charge in [0.2, 0.25) is 0 Å². The zero-order valence-electron chi connectivity index (χ0n) is 7.21. The molecule has 0 bridgehead atoms. The standard InChI is InChI=1S/C8H16N2O/c1-3-4-6(2)7-5-10-8(9)11-7/h6-7H,3-5H2,1-2H3,(H2,9,10). The SMILES string of the molecule is CCCC(C)C1CN=C(N)O1. The second-order valence-electron chi connectivity index (χ2n) is 3.10. The molecule has 1 rings (SSSR count). The van der Waals surface area contributed by atoms with Crippen molar-refractivity contribution >= 4 is 6.02 Å². The second-order valence-corrected chi connectivity index (χ2v) is 3.10. The summed E-state index contributed by atoms with van der Waals surface area (Å²) in [6.07, 6.45) is 2.61. The molecule has 3 nitrogen and oxygen atoms in total. The van der Waals surface area contributed by atoms with Gasteiger partial charge in [0.05, 0.1) is 6.54 Å². The van der Waals surface area contributed by atoms with Crippen LogP contribution in [0.15, 0.2) is 4.99 Å². The van der Waals surface area contributed by atoms with Crippen molar-refractivity contribution in [3.05, 3.63) is 0 Å². The molecule has 0 aromatic heterocycles. The third-order valence-electron chi connectivity index (χ3n) is 2.08. The van der Waals surface area contributed by atoms with E-state index in [-0.39, 0.29) is 6.10 Å². The molecule has 0 aromatic carbocycles. The predicted molar refractivity (Wildman–Crippen MR) is 45.4 cm³/mol. The average molecular weight is 156 g/mol.